The molecule has 0 saturated heterocycles. The van der Waals surface area contributed by atoms with Crippen LogP contribution < -0.4 is 4.72 Å². The van der Waals surface area contributed by atoms with Gasteiger partial charge in [-0.2, -0.15) is 0 Å². The van der Waals surface area contributed by atoms with Gasteiger partial charge in [0.1, 0.15) is 4.90 Å². The predicted molar refractivity (Wildman–Crippen MR) is 82.7 cm³/mol. The van der Waals surface area contributed by atoms with Crippen LogP contribution in [0.15, 0.2) is 17.0 Å². The van der Waals surface area contributed by atoms with Crippen molar-refractivity contribution in [3.05, 3.63) is 27.7 Å². The van der Waals surface area contributed by atoms with Gasteiger partial charge in [-0.05, 0) is 25.0 Å². The van der Waals surface area contributed by atoms with Gasteiger partial charge in [0.05, 0.1) is 10.6 Å². The lowest BCUT2D eigenvalue weighted by Crippen LogP contribution is -2.37. The third kappa shape index (κ3) is 4.32. The molecule has 5 nitrogen and oxygen atoms in total. The molecule has 0 aliphatic heterocycles. The third-order valence-corrected chi connectivity index (χ3v) is 5.68. The molecule has 2 N–H and O–H groups in total. The van der Waals surface area contributed by atoms with Gasteiger partial charge >= 0.3 is 5.97 Å². The summed E-state index contributed by atoms with van der Waals surface area (Å²) in [4.78, 5) is 10.7. The molecule has 1 rings (SSSR count). The van der Waals surface area contributed by atoms with Crippen molar-refractivity contribution in [2.24, 2.45) is 5.92 Å². The first-order valence-electron chi connectivity index (χ1n) is 6.34. The summed E-state index contributed by atoms with van der Waals surface area (Å²) >= 11 is 11.7. The number of carboxylic acid groups (broad SMARTS) is 1. The van der Waals surface area contributed by atoms with Gasteiger partial charge in [0, 0.05) is 11.1 Å². The van der Waals surface area contributed by atoms with Gasteiger partial charge in [0.15, 0.2) is 0 Å². The molecule has 8 heteroatoms. The van der Waals surface area contributed by atoms with E-state index in [1.54, 1.807) is 6.92 Å². The molecule has 0 amide bonds. The van der Waals surface area contributed by atoms with Crippen LogP contribution in [-0.4, -0.2) is 25.5 Å². The van der Waals surface area contributed by atoms with Crippen molar-refractivity contribution in [1.82, 2.24) is 4.72 Å². The fourth-order valence-corrected chi connectivity index (χ4v) is 3.95. The Morgan fingerprint density at radius 3 is 2.38 bits per heavy atom. The van der Waals surface area contributed by atoms with E-state index < -0.39 is 16.0 Å². The highest BCUT2D eigenvalue weighted by molar-refractivity contribution is 7.89. The molecule has 0 aliphatic carbocycles. The Kier molecular flexibility index (Phi) is 6.04. The minimum atomic E-state index is -3.95. The Morgan fingerprint density at radius 2 is 1.90 bits per heavy atom. The molecule has 1 aromatic carbocycles. The second-order valence-electron chi connectivity index (χ2n) is 4.87. The maximum atomic E-state index is 12.4. The number of hydrogen-bond donors (Lipinski definition) is 2. The summed E-state index contributed by atoms with van der Waals surface area (Å²) in [5.74, 6) is -1.22. The zero-order valence-corrected chi connectivity index (χ0v) is 14.2. The zero-order chi connectivity index (χ0) is 16.4. The zero-order valence-electron chi connectivity index (χ0n) is 11.9. The van der Waals surface area contributed by atoms with Crippen LogP contribution in [0.25, 0.3) is 0 Å². The van der Waals surface area contributed by atoms with Gasteiger partial charge in [-0.3, -0.25) is 0 Å². The average Bonchev–Trinajstić information content (AvgIpc) is 2.38. The normalized spacial score (nSPS) is 14.7. The first-order chi connectivity index (χ1) is 9.60. The molecular weight excluding hydrogens is 337 g/mol. The average molecular weight is 354 g/mol. The maximum absolute atomic E-state index is 12.4. The van der Waals surface area contributed by atoms with Crippen LogP contribution in [-0.2, 0) is 10.0 Å². The highest BCUT2D eigenvalue weighted by atomic mass is 35.5. The predicted octanol–water partition coefficient (Wildman–Crippen LogP) is 3.40. The number of carbonyl (C=O) groups is 1. The number of carboxylic acids is 1. The van der Waals surface area contributed by atoms with Crippen molar-refractivity contribution < 1.29 is 18.3 Å². The highest BCUT2D eigenvalue weighted by Gasteiger charge is 2.26. The van der Waals surface area contributed by atoms with Gasteiger partial charge in [-0.1, -0.05) is 43.5 Å². The molecule has 0 heterocycles. The van der Waals surface area contributed by atoms with Crippen LogP contribution in [0.4, 0.5) is 0 Å². The van der Waals surface area contributed by atoms with Crippen LogP contribution in [0.1, 0.15) is 37.6 Å². The number of halogens is 2. The molecule has 0 fully saturated rings. The topological polar surface area (TPSA) is 83.5 Å². The second kappa shape index (κ2) is 6.96. The molecule has 0 saturated carbocycles. The molecule has 2 atom stereocenters. The summed E-state index contributed by atoms with van der Waals surface area (Å²) in [7, 11) is -3.95. The molecule has 0 aliphatic rings. The minimum Gasteiger partial charge on any atom is -0.478 e. The van der Waals surface area contributed by atoms with E-state index in [0.717, 1.165) is 18.6 Å². The van der Waals surface area contributed by atoms with Gasteiger partial charge in [0.25, 0.3) is 0 Å². The standard InChI is InChI=1S/C13H17Cl2NO4S/c1-4-7(2)8(3)16-21(19,20)11-6-9(14)5-10(12(11)15)13(17)18/h5-8,16H,4H2,1-3H3,(H,17,18). The van der Waals surface area contributed by atoms with E-state index in [9.17, 15) is 13.2 Å². The van der Waals surface area contributed by atoms with E-state index in [2.05, 4.69) is 4.72 Å². The van der Waals surface area contributed by atoms with Crippen LogP contribution in [0.3, 0.4) is 0 Å². The van der Waals surface area contributed by atoms with E-state index in [0.29, 0.717) is 0 Å². The summed E-state index contributed by atoms with van der Waals surface area (Å²) in [5.41, 5.74) is -0.347. The highest BCUT2D eigenvalue weighted by Crippen LogP contribution is 2.30. The molecule has 0 radical (unpaired) electrons. The summed E-state index contributed by atoms with van der Waals surface area (Å²) in [6.07, 6.45) is 0.799. The summed E-state index contributed by atoms with van der Waals surface area (Å²) < 4.78 is 27.2. The molecule has 0 spiro atoms. The molecular formula is C13H17Cl2NO4S. The lowest BCUT2D eigenvalue weighted by Gasteiger charge is -2.20. The van der Waals surface area contributed by atoms with Crippen LogP contribution >= 0.6 is 23.2 Å². The number of aromatic carboxylic acids is 1. The number of benzene rings is 1. The lowest BCUT2D eigenvalue weighted by molar-refractivity contribution is 0.0697. The van der Waals surface area contributed by atoms with Crippen LogP contribution in [0, 0.1) is 5.92 Å². The van der Waals surface area contributed by atoms with Crippen molar-refractivity contribution in [3.63, 3.8) is 0 Å². The van der Waals surface area contributed by atoms with Gasteiger partial charge in [-0.15, -0.1) is 0 Å². The number of rotatable bonds is 6. The fraction of sp³-hybridized carbons (Fsp3) is 0.462. The quantitative estimate of drug-likeness (QED) is 0.820. The molecule has 2 unspecified atom stereocenters. The molecule has 0 aromatic heterocycles. The largest absolute Gasteiger partial charge is 0.478 e. The Morgan fingerprint density at radius 1 is 1.33 bits per heavy atom. The first-order valence-corrected chi connectivity index (χ1v) is 8.58. The monoisotopic (exact) mass is 353 g/mol. The summed E-state index contributed by atoms with van der Waals surface area (Å²) in [6, 6.07) is 1.94. The van der Waals surface area contributed by atoms with Crippen molar-refractivity contribution in [2.45, 2.75) is 38.1 Å². The van der Waals surface area contributed by atoms with E-state index in [1.165, 1.54) is 0 Å². The number of hydrogen-bond acceptors (Lipinski definition) is 3. The van der Waals surface area contributed by atoms with Gasteiger partial charge < -0.3 is 5.11 Å². The summed E-state index contributed by atoms with van der Waals surface area (Å²) in [5, 5.41) is 8.67. The minimum absolute atomic E-state index is 0.00614. The van der Waals surface area contributed by atoms with Crippen molar-refractivity contribution in [3.8, 4) is 0 Å². The second-order valence-corrected chi connectivity index (χ2v) is 7.36. The Bertz CT molecular complexity index is 646. The first kappa shape index (κ1) is 18.2. The van der Waals surface area contributed by atoms with E-state index in [4.69, 9.17) is 28.3 Å². The number of nitrogens with one attached hydrogen (secondary N) is 1. The van der Waals surface area contributed by atoms with Crippen molar-refractivity contribution in [2.75, 3.05) is 0 Å². The Balaban J connectivity index is 3.29. The van der Waals surface area contributed by atoms with E-state index in [-0.39, 0.29) is 32.5 Å². The molecule has 118 valence electrons. The van der Waals surface area contributed by atoms with Crippen molar-refractivity contribution >= 4 is 39.2 Å². The van der Waals surface area contributed by atoms with Crippen LogP contribution in [0.5, 0.6) is 0 Å². The molecule has 0 bridgehead atoms. The van der Waals surface area contributed by atoms with E-state index >= 15 is 0 Å². The molecule has 21 heavy (non-hydrogen) atoms. The maximum Gasteiger partial charge on any atom is 0.337 e. The smallest absolute Gasteiger partial charge is 0.337 e. The SMILES string of the molecule is CCC(C)C(C)NS(=O)(=O)c1cc(Cl)cc(C(=O)O)c1Cl. The number of sulfonamides is 1. The Labute approximate surface area is 134 Å². The lowest BCUT2D eigenvalue weighted by atomic mass is 10.0. The van der Waals surface area contributed by atoms with Crippen molar-refractivity contribution in [1.29, 1.82) is 0 Å². The Hall–Kier alpha value is -0.820. The van der Waals surface area contributed by atoms with E-state index in [1.807, 2.05) is 13.8 Å². The molecule has 1 aromatic rings. The fourth-order valence-electron chi connectivity index (χ4n) is 1.69. The third-order valence-electron chi connectivity index (χ3n) is 3.36. The van der Waals surface area contributed by atoms with Gasteiger partial charge in [-0.25, -0.2) is 17.9 Å². The van der Waals surface area contributed by atoms with Crippen LogP contribution in [0.2, 0.25) is 10.0 Å². The van der Waals surface area contributed by atoms with Gasteiger partial charge in [0.2, 0.25) is 10.0 Å². The summed E-state index contributed by atoms with van der Waals surface area (Å²) in [6.45, 7) is 5.60.